The Morgan fingerprint density at radius 2 is 2.15 bits per heavy atom. The molecule has 0 spiro atoms. The van der Waals surface area contributed by atoms with Crippen LogP contribution in [0.4, 0.5) is 0 Å². The van der Waals surface area contributed by atoms with Crippen molar-refractivity contribution in [2.24, 2.45) is 5.92 Å². The van der Waals surface area contributed by atoms with Gasteiger partial charge in [-0.1, -0.05) is 0 Å². The first-order chi connectivity index (χ1) is 6.14. The Bertz CT molecular complexity index is 160. The minimum absolute atomic E-state index is 0.240. The zero-order valence-electron chi connectivity index (χ0n) is 8.16. The van der Waals surface area contributed by atoms with Crippen molar-refractivity contribution in [2.75, 3.05) is 13.2 Å². The smallest absolute Gasteiger partial charge is 0.122 e. The molecule has 1 unspecified atom stereocenters. The summed E-state index contributed by atoms with van der Waals surface area (Å²) in [6.45, 7) is 3.32. The third-order valence-electron chi connectivity index (χ3n) is 2.59. The molecule has 1 atom stereocenters. The molecule has 0 aliphatic carbocycles. The van der Waals surface area contributed by atoms with E-state index in [1.165, 1.54) is 0 Å². The van der Waals surface area contributed by atoms with Crippen LogP contribution < -0.4 is 0 Å². The normalized spacial score (nSPS) is 23.8. The second-order valence-electron chi connectivity index (χ2n) is 4.13. The molecule has 3 heteroatoms. The van der Waals surface area contributed by atoms with Crippen LogP contribution in [0.3, 0.4) is 0 Å². The highest BCUT2D eigenvalue weighted by Gasteiger charge is 2.26. The quantitative estimate of drug-likeness (QED) is 0.670. The largest absolute Gasteiger partial charge is 0.390 e. The Morgan fingerprint density at radius 1 is 1.54 bits per heavy atom. The number of carbonyl (C=O) groups excluding carboxylic acids is 1. The van der Waals surface area contributed by atoms with Crippen LogP contribution in [0.25, 0.3) is 0 Å². The van der Waals surface area contributed by atoms with Crippen molar-refractivity contribution >= 4 is 6.29 Å². The predicted molar refractivity (Wildman–Crippen MR) is 49.5 cm³/mol. The van der Waals surface area contributed by atoms with E-state index in [4.69, 9.17) is 4.74 Å². The zero-order valence-corrected chi connectivity index (χ0v) is 8.16. The van der Waals surface area contributed by atoms with Crippen LogP contribution in [-0.4, -0.2) is 30.2 Å². The van der Waals surface area contributed by atoms with E-state index >= 15 is 0 Å². The highest BCUT2D eigenvalue weighted by molar-refractivity contribution is 5.51. The maximum absolute atomic E-state index is 10.3. The molecule has 0 aromatic carbocycles. The number of hydrogen-bond acceptors (Lipinski definition) is 3. The van der Waals surface area contributed by atoms with Crippen molar-refractivity contribution in [1.29, 1.82) is 0 Å². The Kier molecular flexibility index (Phi) is 3.88. The molecule has 0 saturated carbocycles. The van der Waals surface area contributed by atoms with E-state index < -0.39 is 5.60 Å². The lowest BCUT2D eigenvalue weighted by atomic mass is 9.85. The number of ether oxygens (including phenoxy) is 1. The zero-order chi connectivity index (χ0) is 9.73. The lowest BCUT2D eigenvalue weighted by Gasteiger charge is -2.29. The average molecular weight is 186 g/mol. The van der Waals surface area contributed by atoms with E-state index in [0.29, 0.717) is 5.92 Å². The summed E-state index contributed by atoms with van der Waals surface area (Å²) < 4.78 is 5.22. The second kappa shape index (κ2) is 4.72. The number of carbonyl (C=O) groups is 1. The van der Waals surface area contributed by atoms with E-state index in [2.05, 4.69) is 0 Å². The van der Waals surface area contributed by atoms with Crippen molar-refractivity contribution in [3.63, 3.8) is 0 Å². The lowest BCUT2D eigenvalue weighted by molar-refractivity contribution is -0.112. The molecule has 0 radical (unpaired) electrons. The third kappa shape index (κ3) is 3.87. The summed E-state index contributed by atoms with van der Waals surface area (Å²) in [6.07, 6.45) is 3.77. The highest BCUT2D eigenvalue weighted by atomic mass is 16.5. The minimum atomic E-state index is -0.816. The highest BCUT2D eigenvalue weighted by Crippen LogP contribution is 2.26. The Balaban J connectivity index is 2.32. The van der Waals surface area contributed by atoms with Crippen LogP contribution in [-0.2, 0) is 9.53 Å². The van der Waals surface area contributed by atoms with Crippen LogP contribution in [0.2, 0.25) is 0 Å². The summed E-state index contributed by atoms with van der Waals surface area (Å²) in [4.78, 5) is 10.3. The average Bonchev–Trinajstić information content (AvgIpc) is 2.04. The standard InChI is InChI=1S/C10H18O3/c1-10(12,4-5-11)8-9-2-6-13-7-3-9/h5,9,12H,2-4,6-8H2,1H3. The van der Waals surface area contributed by atoms with Gasteiger partial charge in [0.2, 0.25) is 0 Å². The van der Waals surface area contributed by atoms with Gasteiger partial charge in [0.15, 0.2) is 0 Å². The fourth-order valence-electron chi connectivity index (χ4n) is 1.84. The summed E-state index contributed by atoms with van der Waals surface area (Å²) in [7, 11) is 0. The summed E-state index contributed by atoms with van der Waals surface area (Å²) in [5.74, 6) is 0.517. The maximum Gasteiger partial charge on any atom is 0.122 e. The summed E-state index contributed by atoms with van der Waals surface area (Å²) in [5.41, 5.74) is -0.816. The van der Waals surface area contributed by atoms with Crippen LogP contribution in [0.1, 0.15) is 32.6 Å². The third-order valence-corrected chi connectivity index (χ3v) is 2.59. The topological polar surface area (TPSA) is 46.5 Å². The molecule has 0 aromatic heterocycles. The van der Waals surface area contributed by atoms with Crippen LogP contribution in [0.5, 0.6) is 0 Å². The Hall–Kier alpha value is -0.410. The first kappa shape index (κ1) is 10.7. The van der Waals surface area contributed by atoms with Gasteiger partial charge in [0.25, 0.3) is 0 Å². The lowest BCUT2D eigenvalue weighted by Crippen LogP contribution is -2.30. The maximum atomic E-state index is 10.3. The molecule has 0 bridgehead atoms. The van der Waals surface area contributed by atoms with Gasteiger partial charge < -0.3 is 14.6 Å². The first-order valence-corrected chi connectivity index (χ1v) is 4.88. The molecule has 3 nitrogen and oxygen atoms in total. The first-order valence-electron chi connectivity index (χ1n) is 4.88. The van der Waals surface area contributed by atoms with Gasteiger partial charge in [-0.15, -0.1) is 0 Å². The summed E-state index contributed by atoms with van der Waals surface area (Å²) >= 11 is 0. The van der Waals surface area contributed by atoms with Gasteiger partial charge in [0.1, 0.15) is 6.29 Å². The van der Waals surface area contributed by atoms with Gasteiger partial charge in [0.05, 0.1) is 5.60 Å². The van der Waals surface area contributed by atoms with Gasteiger partial charge in [-0.05, 0) is 32.1 Å². The molecule has 1 heterocycles. The van der Waals surface area contributed by atoms with Gasteiger partial charge >= 0.3 is 0 Å². The van der Waals surface area contributed by atoms with Crippen molar-refractivity contribution < 1.29 is 14.6 Å². The molecule has 76 valence electrons. The molecule has 1 aliphatic rings. The second-order valence-corrected chi connectivity index (χ2v) is 4.13. The number of hydrogen-bond donors (Lipinski definition) is 1. The van der Waals surface area contributed by atoms with E-state index in [0.717, 1.165) is 38.8 Å². The number of rotatable bonds is 4. The Morgan fingerprint density at radius 3 is 2.69 bits per heavy atom. The van der Waals surface area contributed by atoms with Crippen molar-refractivity contribution in [3.05, 3.63) is 0 Å². The number of aliphatic hydroxyl groups is 1. The number of aldehydes is 1. The van der Waals surface area contributed by atoms with Gasteiger partial charge in [-0.2, -0.15) is 0 Å². The summed E-state index contributed by atoms with van der Waals surface area (Å²) in [5, 5.41) is 9.79. The molecular formula is C10H18O3. The fourth-order valence-corrected chi connectivity index (χ4v) is 1.84. The molecule has 1 aliphatic heterocycles. The van der Waals surface area contributed by atoms with Crippen molar-refractivity contribution in [2.45, 2.75) is 38.2 Å². The van der Waals surface area contributed by atoms with E-state index in [1.807, 2.05) is 0 Å². The Labute approximate surface area is 79.1 Å². The van der Waals surface area contributed by atoms with Gasteiger partial charge in [-0.25, -0.2) is 0 Å². The molecule has 1 saturated heterocycles. The van der Waals surface area contributed by atoms with Gasteiger partial charge in [-0.3, -0.25) is 0 Å². The molecular weight excluding hydrogens is 168 g/mol. The van der Waals surface area contributed by atoms with Crippen molar-refractivity contribution in [1.82, 2.24) is 0 Å². The van der Waals surface area contributed by atoms with Crippen LogP contribution in [0.15, 0.2) is 0 Å². The fraction of sp³-hybridized carbons (Fsp3) is 0.900. The van der Waals surface area contributed by atoms with Crippen molar-refractivity contribution in [3.8, 4) is 0 Å². The van der Waals surface area contributed by atoms with Crippen LogP contribution in [0, 0.1) is 5.92 Å². The van der Waals surface area contributed by atoms with E-state index in [-0.39, 0.29) is 6.42 Å². The SMILES string of the molecule is CC(O)(CC=O)CC1CCOCC1. The molecule has 1 N–H and O–H groups in total. The predicted octanol–water partition coefficient (Wildman–Crippen LogP) is 1.14. The molecule has 0 amide bonds. The van der Waals surface area contributed by atoms with Gasteiger partial charge in [0, 0.05) is 19.6 Å². The molecule has 13 heavy (non-hydrogen) atoms. The van der Waals surface area contributed by atoms with E-state index in [1.54, 1.807) is 6.92 Å². The monoisotopic (exact) mass is 186 g/mol. The van der Waals surface area contributed by atoms with E-state index in [9.17, 15) is 9.90 Å². The van der Waals surface area contributed by atoms with Crippen LogP contribution >= 0.6 is 0 Å². The summed E-state index contributed by atoms with van der Waals surface area (Å²) in [6, 6.07) is 0. The minimum Gasteiger partial charge on any atom is -0.390 e. The molecule has 1 fully saturated rings. The molecule has 0 aromatic rings. The molecule has 1 rings (SSSR count).